The van der Waals surface area contributed by atoms with Gasteiger partial charge in [0.25, 0.3) is 0 Å². The van der Waals surface area contributed by atoms with Crippen LogP contribution in [0.4, 0.5) is 11.5 Å². The van der Waals surface area contributed by atoms with Gasteiger partial charge in [-0.05, 0) is 36.2 Å². The molecule has 0 atom stereocenters. The van der Waals surface area contributed by atoms with Gasteiger partial charge in [0, 0.05) is 39.1 Å². The number of nitrogens with zero attached hydrogens (tertiary/aromatic N) is 2. The van der Waals surface area contributed by atoms with E-state index >= 15 is 0 Å². The number of aromatic nitrogens is 1. The molecule has 0 aliphatic heterocycles. The van der Waals surface area contributed by atoms with Crippen LogP contribution in [0.15, 0.2) is 42.6 Å². The van der Waals surface area contributed by atoms with E-state index in [2.05, 4.69) is 40.3 Å². The van der Waals surface area contributed by atoms with Gasteiger partial charge in [-0.2, -0.15) is 0 Å². The van der Waals surface area contributed by atoms with E-state index in [1.165, 1.54) is 11.1 Å². The second kappa shape index (κ2) is 7.76. The van der Waals surface area contributed by atoms with E-state index in [0.29, 0.717) is 0 Å². The minimum atomic E-state index is 0.723. The highest BCUT2D eigenvalue weighted by Gasteiger charge is 2.08. The first-order valence-electron chi connectivity index (χ1n) is 7.16. The number of rotatable bonds is 7. The first-order chi connectivity index (χ1) is 10.2. The molecule has 4 nitrogen and oxygen atoms in total. The van der Waals surface area contributed by atoms with Crippen molar-refractivity contribution >= 4 is 11.5 Å². The van der Waals surface area contributed by atoms with E-state index in [-0.39, 0.29) is 0 Å². The van der Waals surface area contributed by atoms with Crippen molar-refractivity contribution in [3.8, 4) is 0 Å². The summed E-state index contributed by atoms with van der Waals surface area (Å²) in [4.78, 5) is 6.72. The van der Waals surface area contributed by atoms with Crippen molar-refractivity contribution in [2.45, 2.75) is 13.5 Å². The van der Waals surface area contributed by atoms with Gasteiger partial charge in [0.1, 0.15) is 5.82 Å². The maximum absolute atomic E-state index is 5.02. The standard InChI is InChI=1S/C17H23N3O/c1-14-11-15(12-18-9-10-21-3)13-19-17(14)20(2)16-7-5-4-6-8-16/h4-8,11,13,18H,9-10,12H2,1-3H3. The predicted molar refractivity (Wildman–Crippen MR) is 87.1 cm³/mol. The van der Waals surface area contributed by atoms with Crippen molar-refractivity contribution in [1.82, 2.24) is 10.3 Å². The Labute approximate surface area is 126 Å². The van der Waals surface area contributed by atoms with Crippen molar-refractivity contribution in [2.24, 2.45) is 0 Å². The number of hydrogen-bond donors (Lipinski definition) is 1. The Kier molecular flexibility index (Phi) is 5.72. The molecule has 1 heterocycles. The van der Waals surface area contributed by atoms with Crippen LogP contribution in [-0.2, 0) is 11.3 Å². The van der Waals surface area contributed by atoms with Gasteiger partial charge in [-0.1, -0.05) is 18.2 Å². The van der Waals surface area contributed by atoms with Crippen molar-refractivity contribution in [2.75, 3.05) is 32.2 Å². The van der Waals surface area contributed by atoms with Gasteiger partial charge in [0.05, 0.1) is 6.61 Å². The Hall–Kier alpha value is -1.91. The molecule has 2 aromatic rings. The highest BCUT2D eigenvalue weighted by atomic mass is 16.5. The summed E-state index contributed by atoms with van der Waals surface area (Å²) >= 11 is 0. The van der Waals surface area contributed by atoms with Gasteiger partial charge in [0.2, 0.25) is 0 Å². The number of para-hydroxylation sites is 1. The zero-order valence-corrected chi connectivity index (χ0v) is 13.0. The van der Waals surface area contributed by atoms with E-state index in [0.717, 1.165) is 31.2 Å². The SMILES string of the molecule is COCCNCc1cnc(N(C)c2ccccc2)c(C)c1. The Morgan fingerprint density at radius 3 is 2.67 bits per heavy atom. The van der Waals surface area contributed by atoms with Gasteiger partial charge in [0.15, 0.2) is 0 Å². The molecule has 0 bridgehead atoms. The first-order valence-corrected chi connectivity index (χ1v) is 7.16. The molecule has 0 unspecified atom stereocenters. The number of nitrogens with one attached hydrogen (secondary N) is 1. The number of pyridine rings is 1. The van der Waals surface area contributed by atoms with Gasteiger partial charge in [-0.25, -0.2) is 4.98 Å². The molecule has 1 aromatic carbocycles. The molecule has 0 fully saturated rings. The van der Waals surface area contributed by atoms with Gasteiger partial charge < -0.3 is 15.0 Å². The molecule has 0 amide bonds. The summed E-state index contributed by atoms with van der Waals surface area (Å²) in [5, 5.41) is 3.33. The van der Waals surface area contributed by atoms with Crippen molar-refractivity contribution in [1.29, 1.82) is 0 Å². The van der Waals surface area contributed by atoms with Gasteiger partial charge >= 0.3 is 0 Å². The van der Waals surface area contributed by atoms with Crippen LogP contribution in [-0.4, -0.2) is 32.3 Å². The Balaban J connectivity index is 2.05. The van der Waals surface area contributed by atoms with Crippen molar-refractivity contribution in [3.63, 3.8) is 0 Å². The first kappa shape index (κ1) is 15.5. The highest BCUT2D eigenvalue weighted by molar-refractivity contribution is 5.61. The third kappa shape index (κ3) is 4.28. The second-order valence-corrected chi connectivity index (χ2v) is 5.05. The molecule has 21 heavy (non-hydrogen) atoms. The minimum Gasteiger partial charge on any atom is -0.383 e. The molecule has 0 radical (unpaired) electrons. The molecule has 112 valence electrons. The molecule has 2 rings (SSSR count). The van der Waals surface area contributed by atoms with Crippen LogP contribution < -0.4 is 10.2 Å². The third-order valence-corrected chi connectivity index (χ3v) is 3.38. The van der Waals surface area contributed by atoms with E-state index in [9.17, 15) is 0 Å². The molecule has 1 aromatic heterocycles. The fraction of sp³-hybridized carbons (Fsp3) is 0.353. The number of anilines is 2. The second-order valence-electron chi connectivity index (χ2n) is 5.05. The molecule has 0 saturated heterocycles. The van der Waals surface area contributed by atoms with Crippen LogP contribution in [0.25, 0.3) is 0 Å². The van der Waals surface area contributed by atoms with E-state index in [1.54, 1.807) is 7.11 Å². The summed E-state index contributed by atoms with van der Waals surface area (Å²) < 4.78 is 5.02. The zero-order chi connectivity index (χ0) is 15.1. The lowest BCUT2D eigenvalue weighted by Crippen LogP contribution is -2.19. The number of aryl methyl sites for hydroxylation is 1. The van der Waals surface area contributed by atoms with Crippen LogP contribution in [0.3, 0.4) is 0 Å². The van der Waals surface area contributed by atoms with E-state index < -0.39 is 0 Å². The van der Waals surface area contributed by atoms with Crippen LogP contribution in [0.1, 0.15) is 11.1 Å². The summed E-state index contributed by atoms with van der Waals surface area (Å²) in [5.41, 5.74) is 3.50. The third-order valence-electron chi connectivity index (χ3n) is 3.38. The summed E-state index contributed by atoms with van der Waals surface area (Å²) in [6.07, 6.45) is 1.93. The molecule has 4 heteroatoms. The smallest absolute Gasteiger partial charge is 0.135 e. The molecular formula is C17H23N3O. The zero-order valence-electron chi connectivity index (χ0n) is 13.0. The number of methoxy groups -OCH3 is 1. The normalized spacial score (nSPS) is 10.6. The van der Waals surface area contributed by atoms with E-state index in [4.69, 9.17) is 4.74 Å². The van der Waals surface area contributed by atoms with Gasteiger partial charge in [-0.3, -0.25) is 0 Å². The molecule has 0 saturated carbocycles. The average molecular weight is 285 g/mol. The fourth-order valence-corrected chi connectivity index (χ4v) is 2.25. The summed E-state index contributed by atoms with van der Waals surface area (Å²) in [7, 11) is 3.75. The maximum Gasteiger partial charge on any atom is 0.135 e. The van der Waals surface area contributed by atoms with Crippen LogP contribution in [0.2, 0.25) is 0 Å². The molecule has 0 spiro atoms. The fourth-order valence-electron chi connectivity index (χ4n) is 2.25. The number of ether oxygens (including phenoxy) is 1. The highest BCUT2D eigenvalue weighted by Crippen LogP contribution is 2.24. The van der Waals surface area contributed by atoms with Crippen LogP contribution in [0.5, 0.6) is 0 Å². The minimum absolute atomic E-state index is 0.723. The summed E-state index contributed by atoms with van der Waals surface area (Å²) in [6, 6.07) is 12.4. The average Bonchev–Trinajstić information content (AvgIpc) is 2.52. The number of hydrogen-bond acceptors (Lipinski definition) is 4. The maximum atomic E-state index is 5.02. The lowest BCUT2D eigenvalue weighted by atomic mass is 10.2. The largest absolute Gasteiger partial charge is 0.383 e. The predicted octanol–water partition coefficient (Wildman–Crippen LogP) is 2.89. The summed E-state index contributed by atoms with van der Waals surface area (Å²) in [5.74, 6) is 0.988. The lowest BCUT2D eigenvalue weighted by molar-refractivity contribution is 0.199. The Morgan fingerprint density at radius 1 is 1.24 bits per heavy atom. The molecule has 0 aliphatic carbocycles. The Bertz CT molecular complexity index is 557. The molecule has 1 N–H and O–H groups in total. The lowest BCUT2D eigenvalue weighted by Gasteiger charge is -2.20. The van der Waals surface area contributed by atoms with Crippen LogP contribution in [0, 0.1) is 6.92 Å². The quantitative estimate of drug-likeness (QED) is 0.794. The van der Waals surface area contributed by atoms with Crippen LogP contribution >= 0.6 is 0 Å². The Morgan fingerprint density at radius 2 is 2.00 bits per heavy atom. The van der Waals surface area contributed by atoms with E-state index in [1.807, 2.05) is 31.4 Å². The van der Waals surface area contributed by atoms with Gasteiger partial charge in [-0.15, -0.1) is 0 Å². The number of benzene rings is 1. The molecule has 0 aliphatic rings. The van der Waals surface area contributed by atoms with Crippen molar-refractivity contribution in [3.05, 3.63) is 53.7 Å². The molecular weight excluding hydrogens is 262 g/mol. The van der Waals surface area contributed by atoms with Crippen molar-refractivity contribution < 1.29 is 4.74 Å². The topological polar surface area (TPSA) is 37.4 Å². The summed E-state index contributed by atoms with van der Waals surface area (Å²) in [6.45, 7) is 4.48. The monoisotopic (exact) mass is 285 g/mol.